The Hall–Kier alpha value is -1.89. The van der Waals surface area contributed by atoms with Gasteiger partial charge in [0, 0.05) is 38.9 Å². The third-order valence-electron chi connectivity index (χ3n) is 4.98. The van der Waals surface area contributed by atoms with Crippen LogP contribution in [0, 0.1) is 5.92 Å². The van der Waals surface area contributed by atoms with E-state index in [0.29, 0.717) is 24.4 Å². The molecule has 1 aromatic heterocycles. The zero-order valence-corrected chi connectivity index (χ0v) is 14.0. The molecule has 1 atom stereocenters. The maximum atomic E-state index is 12.2. The van der Waals surface area contributed by atoms with Gasteiger partial charge in [-0.05, 0) is 38.0 Å². The number of rotatable bonds is 6. The van der Waals surface area contributed by atoms with Gasteiger partial charge in [-0.2, -0.15) is 5.10 Å². The van der Waals surface area contributed by atoms with Gasteiger partial charge < -0.3 is 15.0 Å². The van der Waals surface area contributed by atoms with E-state index >= 15 is 0 Å². The van der Waals surface area contributed by atoms with Crippen molar-refractivity contribution in [2.75, 3.05) is 26.2 Å². The van der Waals surface area contributed by atoms with Crippen LogP contribution in [0.3, 0.4) is 0 Å². The lowest BCUT2D eigenvalue weighted by Crippen LogP contribution is -2.38. The minimum atomic E-state index is 0.0384. The number of carbonyl (C=O) groups is 2. The third kappa shape index (κ3) is 4.56. The van der Waals surface area contributed by atoms with Gasteiger partial charge in [-0.25, -0.2) is 0 Å². The highest BCUT2D eigenvalue weighted by Gasteiger charge is 2.24. The Bertz CT molecular complexity index is 532. The monoisotopic (exact) mass is 334 g/mol. The van der Waals surface area contributed by atoms with E-state index in [0.717, 1.165) is 51.8 Å². The summed E-state index contributed by atoms with van der Waals surface area (Å²) in [6.45, 7) is 2.96. The SMILES string of the molecule is O=C(CCC1CCN(C(=O)c2cn[nH]c2)CC1)NCC1CCCO1. The fraction of sp³-hybridized carbons (Fsp3) is 0.706. The highest BCUT2D eigenvalue weighted by Crippen LogP contribution is 2.23. The van der Waals surface area contributed by atoms with E-state index < -0.39 is 0 Å². The molecule has 2 aliphatic heterocycles. The van der Waals surface area contributed by atoms with E-state index in [4.69, 9.17) is 4.74 Å². The summed E-state index contributed by atoms with van der Waals surface area (Å²) >= 11 is 0. The third-order valence-corrected chi connectivity index (χ3v) is 4.98. The smallest absolute Gasteiger partial charge is 0.257 e. The van der Waals surface area contributed by atoms with Crippen LogP contribution in [0.2, 0.25) is 0 Å². The first-order chi connectivity index (χ1) is 11.7. The second-order valence-corrected chi connectivity index (χ2v) is 6.70. The highest BCUT2D eigenvalue weighted by atomic mass is 16.5. The van der Waals surface area contributed by atoms with E-state index in [-0.39, 0.29) is 17.9 Å². The number of H-pyrrole nitrogens is 1. The van der Waals surface area contributed by atoms with Gasteiger partial charge in [0.15, 0.2) is 0 Å². The van der Waals surface area contributed by atoms with Crippen molar-refractivity contribution in [3.05, 3.63) is 18.0 Å². The van der Waals surface area contributed by atoms with Crippen LogP contribution in [0.5, 0.6) is 0 Å². The second kappa shape index (κ2) is 8.28. The zero-order valence-electron chi connectivity index (χ0n) is 14.0. The van der Waals surface area contributed by atoms with Crippen molar-refractivity contribution in [3.63, 3.8) is 0 Å². The van der Waals surface area contributed by atoms with Crippen LogP contribution in [0.1, 0.15) is 48.9 Å². The molecule has 2 amide bonds. The lowest BCUT2D eigenvalue weighted by molar-refractivity contribution is -0.122. The molecule has 2 aliphatic rings. The summed E-state index contributed by atoms with van der Waals surface area (Å²) in [5.74, 6) is 0.672. The molecule has 0 aromatic carbocycles. The molecule has 0 radical (unpaired) electrons. The van der Waals surface area contributed by atoms with Crippen molar-refractivity contribution in [2.45, 2.75) is 44.6 Å². The maximum Gasteiger partial charge on any atom is 0.257 e. The Morgan fingerprint density at radius 3 is 2.83 bits per heavy atom. The summed E-state index contributed by atoms with van der Waals surface area (Å²) in [6.07, 6.45) is 8.91. The minimum absolute atomic E-state index is 0.0384. The molecule has 3 rings (SSSR count). The van der Waals surface area contributed by atoms with Gasteiger partial charge in [0.1, 0.15) is 0 Å². The number of aromatic nitrogens is 2. The van der Waals surface area contributed by atoms with E-state index in [9.17, 15) is 9.59 Å². The maximum absolute atomic E-state index is 12.2. The van der Waals surface area contributed by atoms with Crippen LogP contribution >= 0.6 is 0 Å². The molecule has 0 bridgehead atoms. The minimum Gasteiger partial charge on any atom is -0.376 e. The molecule has 7 nitrogen and oxygen atoms in total. The zero-order chi connectivity index (χ0) is 16.8. The van der Waals surface area contributed by atoms with Gasteiger partial charge >= 0.3 is 0 Å². The molecule has 2 fully saturated rings. The molecule has 0 aliphatic carbocycles. The van der Waals surface area contributed by atoms with Crippen LogP contribution < -0.4 is 5.32 Å². The van der Waals surface area contributed by atoms with E-state index in [2.05, 4.69) is 15.5 Å². The number of amides is 2. The molecule has 3 heterocycles. The van der Waals surface area contributed by atoms with E-state index in [1.165, 1.54) is 0 Å². The molecule has 0 saturated carbocycles. The summed E-state index contributed by atoms with van der Waals surface area (Å²) in [6, 6.07) is 0. The Balaban J connectivity index is 1.32. The fourth-order valence-electron chi connectivity index (χ4n) is 3.43. The molecule has 24 heavy (non-hydrogen) atoms. The van der Waals surface area contributed by atoms with Gasteiger partial charge in [0.2, 0.25) is 5.91 Å². The highest BCUT2D eigenvalue weighted by molar-refractivity contribution is 5.93. The first-order valence-corrected chi connectivity index (χ1v) is 8.88. The lowest BCUT2D eigenvalue weighted by atomic mass is 9.92. The Kier molecular flexibility index (Phi) is 5.85. The standard InChI is InChI=1S/C17H26N4O3/c22-16(18-12-15-2-1-9-24-15)4-3-13-5-7-21(8-6-13)17(23)14-10-19-20-11-14/h10-11,13,15H,1-9,12H2,(H,18,22)(H,19,20). The van der Waals surface area contributed by atoms with Crippen LogP contribution in [0.4, 0.5) is 0 Å². The number of ether oxygens (including phenoxy) is 1. The number of carbonyl (C=O) groups excluding carboxylic acids is 2. The van der Waals surface area contributed by atoms with Crippen molar-refractivity contribution in [2.24, 2.45) is 5.92 Å². The second-order valence-electron chi connectivity index (χ2n) is 6.70. The molecular weight excluding hydrogens is 308 g/mol. The van der Waals surface area contributed by atoms with Crippen LogP contribution in [0.25, 0.3) is 0 Å². The molecule has 1 unspecified atom stereocenters. The van der Waals surface area contributed by atoms with Crippen molar-refractivity contribution in [1.29, 1.82) is 0 Å². The van der Waals surface area contributed by atoms with Crippen LogP contribution in [-0.4, -0.2) is 59.3 Å². The van der Waals surface area contributed by atoms with E-state index in [1.807, 2.05) is 4.90 Å². The summed E-state index contributed by atoms with van der Waals surface area (Å²) in [7, 11) is 0. The predicted molar refractivity (Wildman–Crippen MR) is 88.4 cm³/mol. The van der Waals surface area contributed by atoms with Crippen molar-refractivity contribution in [1.82, 2.24) is 20.4 Å². The first-order valence-electron chi connectivity index (χ1n) is 8.88. The normalized spacial score (nSPS) is 21.8. The molecule has 132 valence electrons. The van der Waals surface area contributed by atoms with Gasteiger partial charge in [-0.3, -0.25) is 14.7 Å². The molecule has 1 aromatic rings. The van der Waals surface area contributed by atoms with Gasteiger partial charge in [-0.1, -0.05) is 0 Å². The molecule has 0 spiro atoms. The Morgan fingerprint density at radius 1 is 1.33 bits per heavy atom. The summed E-state index contributed by atoms with van der Waals surface area (Å²) in [4.78, 5) is 26.0. The van der Waals surface area contributed by atoms with Gasteiger partial charge in [0.05, 0.1) is 17.9 Å². The summed E-state index contributed by atoms with van der Waals surface area (Å²) in [5.41, 5.74) is 0.613. The van der Waals surface area contributed by atoms with Crippen molar-refractivity contribution < 1.29 is 14.3 Å². The first kappa shape index (κ1) is 17.0. The summed E-state index contributed by atoms with van der Waals surface area (Å²) in [5, 5.41) is 9.47. The average Bonchev–Trinajstić information content (AvgIpc) is 3.31. The summed E-state index contributed by atoms with van der Waals surface area (Å²) < 4.78 is 5.50. The number of likely N-dealkylation sites (tertiary alicyclic amines) is 1. The van der Waals surface area contributed by atoms with E-state index in [1.54, 1.807) is 12.4 Å². The Labute approximate surface area is 142 Å². The molecule has 2 N–H and O–H groups in total. The molecular formula is C17H26N4O3. The largest absolute Gasteiger partial charge is 0.376 e. The van der Waals surface area contributed by atoms with Crippen LogP contribution in [-0.2, 0) is 9.53 Å². The predicted octanol–water partition coefficient (Wildman–Crippen LogP) is 1.34. The number of hydrogen-bond donors (Lipinski definition) is 2. The molecule has 7 heteroatoms. The fourth-order valence-corrected chi connectivity index (χ4v) is 3.43. The number of nitrogens with zero attached hydrogens (tertiary/aromatic N) is 2. The number of nitrogens with one attached hydrogen (secondary N) is 2. The lowest BCUT2D eigenvalue weighted by Gasteiger charge is -2.31. The quantitative estimate of drug-likeness (QED) is 0.822. The molecule has 2 saturated heterocycles. The van der Waals surface area contributed by atoms with Gasteiger partial charge in [-0.15, -0.1) is 0 Å². The van der Waals surface area contributed by atoms with Crippen molar-refractivity contribution >= 4 is 11.8 Å². The topological polar surface area (TPSA) is 87.3 Å². The van der Waals surface area contributed by atoms with Crippen LogP contribution in [0.15, 0.2) is 12.4 Å². The Morgan fingerprint density at radius 2 is 2.17 bits per heavy atom. The average molecular weight is 334 g/mol. The number of aromatic amines is 1. The van der Waals surface area contributed by atoms with Gasteiger partial charge in [0.25, 0.3) is 5.91 Å². The number of piperidine rings is 1. The van der Waals surface area contributed by atoms with Crippen molar-refractivity contribution in [3.8, 4) is 0 Å². The number of hydrogen-bond acceptors (Lipinski definition) is 4.